The lowest BCUT2D eigenvalue weighted by Gasteiger charge is -2.15. The van der Waals surface area contributed by atoms with Crippen LogP contribution in [0.2, 0.25) is 0 Å². The summed E-state index contributed by atoms with van der Waals surface area (Å²) < 4.78 is 2.02. The first-order valence-electron chi connectivity index (χ1n) is 11.5. The zero-order chi connectivity index (χ0) is 24.1. The maximum atomic E-state index is 13.0. The smallest absolute Gasteiger partial charge is 0.257 e. The lowest BCUT2D eigenvalue weighted by Crippen LogP contribution is -2.36. The Morgan fingerprint density at radius 2 is 1.73 bits per heavy atom. The van der Waals surface area contributed by atoms with Gasteiger partial charge in [-0.2, -0.15) is 5.10 Å². The number of hydrogen-bond donors (Lipinski definition) is 2. The van der Waals surface area contributed by atoms with Gasteiger partial charge in [0, 0.05) is 30.0 Å². The van der Waals surface area contributed by atoms with Gasteiger partial charge in [-0.05, 0) is 89.8 Å². The van der Waals surface area contributed by atoms with Crippen molar-refractivity contribution < 1.29 is 4.79 Å². The SMILES string of the molecule is CCn1nc(C)c(CCN=C(NC(=O)c2cc(C)cc(C)c2)Nc2cccc(C)c2C)c1C. The number of aromatic nitrogens is 2. The Hall–Kier alpha value is -3.41. The number of guanidine groups is 1. The van der Waals surface area contributed by atoms with Crippen molar-refractivity contribution in [3.63, 3.8) is 0 Å². The highest BCUT2D eigenvalue weighted by Gasteiger charge is 2.13. The van der Waals surface area contributed by atoms with E-state index in [1.807, 2.05) is 49.7 Å². The Kier molecular flexibility index (Phi) is 7.69. The third-order valence-corrected chi connectivity index (χ3v) is 6.04. The van der Waals surface area contributed by atoms with Gasteiger partial charge in [0.1, 0.15) is 0 Å². The van der Waals surface area contributed by atoms with Crippen LogP contribution in [0.4, 0.5) is 5.69 Å². The fourth-order valence-corrected chi connectivity index (χ4v) is 4.09. The Morgan fingerprint density at radius 3 is 2.36 bits per heavy atom. The highest BCUT2D eigenvalue weighted by Crippen LogP contribution is 2.18. The summed E-state index contributed by atoms with van der Waals surface area (Å²) in [5.74, 6) is 0.274. The average Bonchev–Trinajstić information content (AvgIpc) is 3.03. The molecule has 1 aromatic heterocycles. The van der Waals surface area contributed by atoms with E-state index in [-0.39, 0.29) is 5.91 Å². The van der Waals surface area contributed by atoms with Crippen LogP contribution in [-0.2, 0) is 13.0 Å². The monoisotopic (exact) mass is 445 g/mol. The molecule has 1 amide bonds. The van der Waals surface area contributed by atoms with Gasteiger partial charge in [0.2, 0.25) is 5.96 Å². The van der Waals surface area contributed by atoms with E-state index in [0.29, 0.717) is 18.1 Å². The minimum absolute atomic E-state index is 0.176. The maximum absolute atomic E-state index is 13.0. The molecule has 174 valence electrons. The maximum Gasteiger partial charge on any atom is 0.257 e. The molecule has 0 bridgehead atoms. The molecule has 33 heavy (non-hydrogen) atoms. The lowest BCUT2D eigenvalue weighted by atomic mass is 10.1. The van der Waals surface area contributed by atoms with Crippen LogP contribution in [0, 0.1) is 41.5 Å². The number of benzene rings is 2. The molecular formula is C27H35N5O. The zero-order valence-electron chi connectivity index (χ0n) is 20.8. The Bertz CT molecular complexity index is 1170. The largest absolute Gasteiger partial charge is 0.326 e. The first-order valence-corrected chi connectivity index (χ1v) is 11.5. The molecule has 0 aliphatic heterocycles. The molecule has 0 atom stereocenters. The molecule has 0 fully saturated rings. The van der Waals surface area contributed by atoms with Gasteiger partial charge < -0.3 is 5.32 Å². The van der Waals surface area contributed by atoms with Crippen molar-refractivity contribution in [2.75, 3.05) is 11.9 Å². The number of amides is 1. The summed E-state index contributed by atoms with van der Waals surface area (Å²) in [7, 11) is 0. The number of aryl methyl sites for hydroxylation is 5. The van der Waals surface area contributed by atoms with Gasteiger partial charge in [-0.25, -0.2) is 0 Å². The van der Waals surface area contributed by atoms with E-state index in [2.05, 4.69) is 55.6 Å². The van der Waals surface area contributed by atoms with Crippen molar-refractivity contribution in [2.24, 2.45) is 4.99 Å². The molecule has 0 saturated carbocycles. The van der Waals surface area contributed by atoms with E-state index in [4.69, 9.17) is 4.99 Å². The quantitative estimate of drug-likeness (QED) is 0.405. The van der Waals surface area contributed by atoms with Crippen molar-refractivity contribution in [3.8, 4) is 0 Å². The first-order chi connectivity index (χ1) is 15.7. The second kappa shape index (κ2) is 10.5. The minimum atomic E-state index is -0.176. The molecule has 3 rings (SSSR count). The standard InChI is InChI=1S/C27H35N5O/c1-8-32-22(7)24(21(6)31-32)12-13-28-27(29-25-11-9-10-19(4)20(25)5)30-26(33)23-15-17(2)14-18(3)16-23/h9-11,14-16H,8,12-13H2,1-7H3,(H2,28,29,30,33). The van der Waals surface area contributed by atoms with Crippen molar-refractivity contribution in [1.29, 1.82) is 0 Å². The molecule has 0 aliphatic rings. The number of carbonyl (C=O) groups excluding carboxylic acids is 1. The summed E-state index contributed by atoms with van der Waals surface area (Å²) in [5, 5.41) is 10.9. The van der Waals surface area contributed by atoms with Gasteiger partial charge in [0.15, 0.2) is 0 Å². The minimum Gasteiger partial charge on any atom is -0.326 e. The topological polar surface area (TPSA) is 71.3 Å². The normalized spacial score (nSPS) is 11.5. The van der Waals surface area contributed by atoms with Gasteiger partial charge in [0.05, 0.1) is 5.69 Å². The lowest BCUT2D eigenvalue weighted by molar-refractivity contribution is 0.0976. The van der Waals surface area contributed by atoms with Crippen LogP contribution < -0.4 is 10.6 Å². The summed E-state index contributed by atoms with van der Waals surface area (Å²) in [5.41, 5.74) is 9.40. The summed E-state index contributed by atoms with van der Waals surface area (Å²) in [6, 6.07) is 11.9. The zero-order valence-corrected chi connectivity index (χ0v) is 20.8. The summed E-state index contributed by atoms with van der Waals surface area (Å²) in [6.45, 7) is 15.7. The number of rotatable bonds is 6. The molecule has 0 saturated heterocycles. The van der Waals surface area contributed by atoms with Crippen LogP contribution in [0.15, 0.2) is 41.4 Å². The number of anilines is 1. The number of nitrogens with zero attached hydrogens (tertiary/aromatic N) is 3. The molecule has 6 nitrogen and oxygen atoms in total. The van der Waals surface area contributed by atoms with Gasteiger partial charge in [0.25, 0.3) is 5.91 Å². The number of aliphatic imine (C=N–C) groups is 1. The molecule has 1 heterocycles. The van der Waals surface area contributed by atoms with E-state index in [1.165, 1.54) is 16.8 Å². The summed E-state index contributed by atoms with van der Waals surface area (Å²) >= 11 is 0. The van der Waals surface area contributed by atoms with Crippen molar-refractivity contribution in [2.45, 2.75) is 61.4 Å². The van der Waals surface area contributed by atoms with Gasteiger partial charge >= 0.3 is 0 Å². The third-order valence-electron chi connectivity index (χ3n) is 6.04. The van der Waals surface area contributed by atoms with E-state index in [0.717, 1.165) is 41.0 Å². The first kappa shape index (κ1) is 24.2. The second-order valence-corrected chi connectivity index (χ2v) is 8.65. The van der Waals surface area contributed by atoms with Gasteiger partial charge in [-0.3, -0.25) is 19.8 Å². The number of nitrogens with one attached hydrogen (secondary N) is 2. The van der Waals surface area contributed by atoms with Crippen LogP contribution in [0.5, 0.6) is 0 Å². The van der Waals surface area contributed by atoms with Crippen LogP contribution in [0.25, 0.3) is 0 Å². The molecule has 0 spiro atoms. The molecule has 2 aromatic carbocycles. The van der Waals surface area contributed by atoms with Gasteiger partial charge in [-0.15, -0.1) is 0 Å². The van der Waals surface area contributed by atoms with Gasteiger partial charge in [-0.1, -0.05) is 29.3 Å². The average molecular weight is 446 g/mol. The second-order valence-electron chi connectivity index (χ2n) is 8.65. The highest BCUT2D eigenvalue weighted by molar-refractivity contribution is 6.10. The fourth-order valence-electron chi connectivity index (χ4n) is 4.09. The molecule has 6 heteroatoms. The van der Waals surface area contributed by atoms with Crippen LogP contribution in [0.3, 0.4) is 0 Å². The molecule has 0 aliphatic carbocycles. The van der Waals surface area contributed by atoms with E-state index >= 15 is 0 Å². The fraction of sp³-hybridized carbons (Fsp3) is 0.370. The molecule has 0 radical (unpaired) electrons. The third kappa shape index (κ3) is 5.89. The Morgan fingerprint density at radius 1 is 1.03 bits per heavy atom. The predicted molar refractivity (Wildman–Crippen MR) is 136 cm³/mol. The molecule has 2 N–H and O–H groups in total. The highest BCUT2D eigenvalue weighted by atomic mass is 16.1. The Labute approximate surface area is 197 Å². The van der Waals surface area contributed by atoms with E-state index in [1.54, 1.807) is 0 Å². The Balaban J connectivity index is 1.85. The van der Waals surface area contributed by atoms with Crippen LogP contribution in [-0.4, -0.2) is 28.2 Å². The number of carbonyl (C=O) groups is 1. The summed E-state index contributed by atoms with van der Waals surface area (Å²) in [4.78, 5) is 17.8. The van der Waals surface area contributed by atoms with Crippen molar-refractivity contribution in [3.05, 3.63) is 81.2 Å². The van der Waals surface area contributed by atoms with Crippen molar-refractivity contribution >= 4 is 17.6 Å². The van der Waals surface area contributed by atoms with Crippen LogP contribution >= 0.6 is 0 Å². The number of hydrogen-bond acceptors (Lipinski definition) is 3. The van der Waals surface area contributed by atoms with Crippen LogP contribution in [0.1, 0.15) is 56.5 Å². The van der Waals surface area contributed by atoms with Crippen molar-refractivity contribution in [1.82, 2.24) is 15.1 Å². The summed E-state index contributed by atoms with van der Waals surface area (Å²) in [6.07, 6.45) is 0.759. The molecule has 0 unspecified atom stereocenters. The molecule has 3 aromatic rings. The van der Waals surface area contributed by atoms with E-state index in [9.17, 15) is 4.79 Å². The molecular weight excluding hydrogens is 410 g/mol. The van der Waals surface area contributed by atoms with E-state index < -0.39 is 0 Å². The predicted octanol–water partition coefficient (Wildman–Crippen LogP) is 5.19.